The minimum absolute atomic E-state index is 0.250. The van der Waals surface area contributed by atoms with E-state index in [4.69, 9.17) is 10.7 Å². The van der Waals surface area contributed by atoms with Crippen molar-refractivity contribution in [3.63, 3.8) is 0 Å². The number of aromatic nitrogens is 6. The van der Waals surface area contributed by atoms with E-state index in [0.29, 0.717) is 23.7 Å². The minimum atomic E-state index is -0.454. The van der Waals surface area contributed by atoms with Crippen LogP contribution in [0.1, 0.15) is 31.5 Å². The zero-order valence-electron chi connectivity index (χ0n) is 16.9. The number of pyridine rings is 1. The molecular formula is C21H25FN8. The van der Waals surface area contributed by atoms with Crippen LogP contribution in [0.5, 0.6) is 0 Å². The highest BCUT2D eigenvalue weighted by atomic mass is 19.1. The van der Waals surface area contributed by atoms with Crippen molar-refractivity contribution < 1.29 is 4.39 Å². The molecule has 156 valence electrons. The predicted octanol–water partition coefficient (Wildman–Crippen LogP) is 3.10. The average Bonchev–Trinajstić information content (AvgIpc) is 3.30. The molecule has 0 saturated heterocycles. The Morgan fingerprint density at radius 3 is 2.80 bits per heavy atom. The van der Waals surface area contributed by atoms with Crippen molar-refractivity contribution in [3.05, 3.63) is 36.4 Å². The van der Waals surface area contributed by atoms with Crippen molar-refractivity contribution in [1.82, 2.24) is 29.1 Å². The van der Waals surface area contributed by atoms with E-state index in [1.807, 2.05) is 46.6 Å². The quantitative estimate of drug-likeness (QED) is 0.526. The zero-order chi connectivity index (χ0) is 20.7. The van der Waals surface area contributed by atoms with Gasteiger partial charge < -0.3 is 15.6 Å². The van der Waals surface area contributed by atoms with Crippen LogP contribution < -0.4 is 11.1 Å². The van der Waals surface area contributed by atoms with Crippen LogP contribution in [0.25, 0.3) is 27.9 Å². The van der Waals surface area contributed by atoms with E-state index in [1.54, 1.807) is 0 Å². The first-order chi connectivity index (χ1) is 14.6. The summed E-state index contributed by atoms with van der Waals surface area (Å²) in [6, 6.07) is 6.51. The minimum Gasteiger partial charge on any atom is -0.350 e. The van der Waals surface area contributed by atoms with Crippen molar-refractivity contribution in [1.29, 1.82) is 0 Å². The molecule has 0 atom stereocenters. The third-order valence-corrected chi connectivity index (χ3v) is 5.89. The van der Waals surface area contributed by atoms with Crippen LogP contribution in [0.3, 0.4) is 0 Å². The summed E-state index contributed by atoms with van der Waals surface area (Å²) in [7, 11) is 0. The van der Waals surface area contributed by atoms with Crippen LogP contribution >= 0.6 is 0 Å². The maximum atomic E-state index is 13.0. The number of alkyl halides is 1. The van der Waals surface area contributed by atoms with Gasteiger partial charge in [0.1, 0.15) is 18.0 Å². The molecule has 1 aliphatic rings. The maximum Gasteiger partial charge on any atom is 0.241 e. The number of rotatable bonds is 5. The Bertz CT molecular complexity index is 1190. The summed E-state index contributed by atoms with van der Waals surface area (Å²) >= 11 is 0. The molecule has 30 heavy (non-hydrogen) atoms. The van der Waals surface area contributed by atoms with Gasteiger partial charge in [0.05, 0.1) is 24.0 Å². The third-order valence-electron chi connectivity index (χ3n) is 5.89. The largest absolute Gasteiger partial charge is 0.350 e. The molecule has 3 N–H and O–H groups in total. The molecule has 0 aliphatic heterocycles. The van der Waals surface area contributed by atoms with Crippen LogP contribution in [0.4, 0.5) is 10.3 Å². The number of halogens is 1. The number of aryl methyl sites for hydroxylation is 2. The Hall–Kier alpha value is -3.07. The van der Waals surface area contributed by atoms with Crippen molar-refractivity contribution in [2.75, 3.05) is 12.0 Å². The van der Waals surface area contributed by atoms with Gasteiger partial charge in [-0.25, -0.2) is 23.9 Å². The van der Waals surface area contributed by atoms with Gasteiger partial charge >= 0.3 is 0 Å². The first kappa shape index (κ1) is 18.9. The lowest BCUT2D eigenvalue weighted by Crippen LogP contribution is -2.33. The molecular weight excluding hydrogens is 383 g/mol. The number of nitrogens with zero attached hydrogens (tertiary/aromatic N) is 6. The second kappa shape index (κ2) is 7.64. The van der Waals surface area contributed by atoms with Gasteiger partial charge in [0.25, 0.3) is 0 Å². The number of fused-ring (bicyclic) bond motifs is 2. The van der Waals surface area contributed by atoms with E-state index < -0.39 is 6.67 Å². The molecule has 1 aliphatic carbocycles. The summed E-state index contributed by atoms with van der Waals surface area (Å²) < 4.78 is 16.6. The number of nitrogens with one attached hydrogen (secondary N) is 1. The first-order valence-electron chi connectivity index (χ1n) is 10.4. The van der Waals surface area contributed by atoms with Crippen LogP contribution in [-0.2, 0) is 6.54 Å². The fraction of sp³-hybridized carbons (Fsp3) is 0.429. The number of nitrogens with two attached hydrogens (primary N) is 1. The fourth-order valence-corrected chi connectivity index (χ4v) is 4.25. The molecule has 0 amide bonds. The Morgan fingerprint density at radius 1 is 1.17 bits per heavy atom. The number of anilines is 1. The molecule has 9 heteroatoms. The third kappa shape index (κ3) is 3.39. The molecule has 1 fully saturated rings. The summed E-state index contributed by atoms with van der Waals surface area (Å²) in [4.78, 5) is 13.8. The first-order valence-corrected chi connectivity index (χ1v) is 10.4. The molecule has 0 aromatic carbocycles. The summed E-state index contributed by atoms with van der Waals surface area (Å²) in [5.41, 5.74) is 10.0. The molecule has 0 radical (unpaired) electrons. The number of hydrogen-bond acceptors (Lipinski definition) is 6. The smallest absolute Gasteiger partial charge is 0.241 e. The van der Waals surface area contributed by atoms with E-state index in [9.17, 15) is 4.39 Å². The van der Waals surface area contributed by atoms with Gasteiger partial charge in [0, 0.05) is 23.8 Å². The molecule has 4 aromatic heterocycles. The molecule has 1 saturated carbocycles. The van der Waals surface area contributed by atoms with Crippen LogP contribution in [0.2, 0.25) is 0 Å². The van der Waals surface area contributed by atoms with Crippen LogP contribution in [0, 0.1) is 6.92 Å². The number of hydrogen-bond donors (Lipinski definition) is 2. The molecule has 0 spiro atoms. The SMILES string of the molecule is Cc1nc2ccc(-c3ccn4nc(N[C@H]5CC[C@H](N)CC5)ncc34)nc2n1CCF. The van der Waals surface area contributed by atoms with E-state index in [-0.39, 0.29) is 6.54 Å². The summed E-state index contributed by atoms with van der Waals surface area (Å²) in [5.74, 6) is 1.38. The Labute approximate surface area is 173 Å². The summed E-state index contributed by atoms with van der Waals surface area (Å²) in [6.45, 7) is 1.66. The van der Waals surface area contributed by atoms with Gasteiger partial charge in [-0.1, -0.05) is 0 Å². The predicted molar refractivity (Wildman–Crippen MR) is 114 cm³/mol. The molecule has 0 unspecified atom stereocenters. The lowest BCUT2D eigenvalue weighted by Gasteiger charge is -2.26. The van der Waals surface area contributed by atoms with Crippen molar-refractivity contribution in [2.45, 2.75) is 51.2 Å². The van der Waals surface area contributed by atoms with Gasteiger partial charge in [-0.3, -0.25) is 0 Å². The Morgan fingerprint density at radius 2 is 2.00 bits per heavy atom. The van der Waals surface area contributed by atoms with Gasteiger partial charge in [-0.2, -0.15) is 0 Å². The zero-order valence-corrected chi connectivity index (χ0v) is 16.9. The summed E-state index contributed by atoms with van der Waals surface area (Å²) in [5, 5.41) is 8.05. The fourth-order valence-electron chi connectivity index (χ4n) is 4.25. The van der Waals surface area contributed by atoms with Crippen molar-refractivity contribution in [2.24, 2.45) is 5.73 Å². The lowest BCUT2D eigenvalue weighted by molar-refractivity contribution is 0.409. The van der Waals surface area contributed by atoms with E-state index in [1.165, 1.54) is 0 Å². The topological polar surface area (TPSA) is 98.9 Å². The Kier molecular flexibility index (Phi) is 4.82. The lowest BCUT2D eigenvalue weighted by atomic mass is 9.92. The molecule has 4 aromatic rings. The second-order valence-electron chi connectivity index (χ2n) is 7.94. The van der Waals surface area contributed by atoms with E-state index in [0.717, 1.165) is 53.8 Å². The Balaban J connectivity index is 1.45. The molecule has 0 bridgehead atoms. The van der Waals surface area contributed by atoms with Gasteiger partial charge in [-0.05, 0) is 50.8 Å². The second-order valence-corrected chi connectivity index (χ2v) is 7.94. The number of imidazole rings is 1. The standard InChI is InChI=1S/C21H25FN8/c1-13-25-18-7-6-17(27-20(18)29(13)11-9-22)16-8-10-30-19(16)12-24-21(28-30)26-15-4-2-14(23)3-5-15/h6-8,10,12,14-15H,2-5,9,11,23H2,1H3,(H,26,28)/t14-,15-. The van der Waals surface area contributed by atoms with Gasteiger partial charge in [-0.15, -0.1) is 5.10 Å². The highest BCUT2D eigenvalue weighted by Gasteiger charge is 2.19. The van der Waals surface area contributed by atoms with E-state index in [2.05, 4.69) is 20.4 Å². The average molecular weight is 408 g/mol. The maximum absolute atomic E-state index is 13.0. The molecule has 5 rings (SSSR count). The highest BCUT2D eigenvalue weighted by molar-refractivity contribution is 5.82. The normalized spacial score (nSPS) is 19.6. The van der Waals surface area contributed by atoms with Crippen LogP contribution in [-0.4, -0.2) is 47.9 Å². The van der Waals surface area contributed by atoms with Crippen molar-refractivity contribution >= 4 is 22.6 Å². The monoisotopic (exact) mass is 408 g/mol. The molecule has 4 heterocycles. The van der Waals surface area contributed by atoms with Crippen LogP contribution in [0.15, 0.2) is 30.6 Å². The van der Waals surface area contributed by atoms with Gasteiger partial charge in [0.2, 0.25) is 5.95 Å². The van der Waals surface area contributed by atoms with E-state index >= 15 is 0 Å². The van der Waals surface area contributed by atoms with Crippen molar-refractivity contribution in [3.8, 4) is 11.3 Å². The molecule has 8 nitrogen and oxygen atoms in total. The summed E-state index contributed by atoms with van der Waals surface area (Å²) in [6.07, 6.45) is 7.85. The highest BCUT2D eigenvalue weighted by Crippen LogP contribution is 2.27. The van der Waals surface area contributed by atoms with Gasteiger partial charge in [0.15, 0.2) is 5.65 Å².